The van der Waals surface area contributed by atoms with Crippen molar-refractivity contribution in [2.24, 2.45) is 5.92 Å². The summed E-state index contributed by atoms with van der Waals surface area (Å²) in [4.78, 5) is 2.60. The van der Waals surface area contributed by atoms with Crippen LogP contribution in [0.5, 0.6) is 0 Å². The third kappa shape index (κ3) is 4.84. The van der Waals surface area contributed by atoms with E-state index in [2.05, 4.69) is 36.2 Å². The maximum Gasteiger partial charge on any atom is 0.0991 e. The molecule has 1 aliphatic heterocycles. The maximum atomic E-state index is 8.95. The second kappa shape index (κ2) is 8.17. The number of nitrogens with zero attached hydrogens (tertiary/aromatic N) is 2. The maximum absolute atomic E-state index is 8.95. The highest BCUT2D eigenvalue weighted by Crippen LogP contribution is 2.20. The molecule has 0 aliphatic carbocycles. The van der Waals surface area contributed by atoms with Crippen LogP contribution < -0.4 is 5.32 Å². The van der Waals surface area contributed by atoms with Gasteiger partial charge in [-0.05, 0) is 62.9 Å². The normalized spacial score (nSPS) is 20.9. The molecule has 0 saturated carbocycles. The summed E-state index contributed by atoms with van der Waals surface area (Å²) in [5.74, 6) is 0.740. The van der Waals surface area contributed by atoms with Crippen molar-refractivity contribution in [3.05, 3.63) is 35.4 Å². The fraction of sp³-hybridized carbons (Fsp3) is 0.611. The van der Waals surface area contributed by atoms with Gasteiger partial charge in [0, 0.05) is 19.1 Å². The van der Waals surface area contributed by atoms with E-state index in [1.165, 1.54) is 44.5 Å². The van der Waals surface area contributed by atoms with Crippen molar-refractivity contribution < 1.29 is 0 Å². The first-order valence-corrected chi connectivity index (χ1v) is 8.17. The Morgan fingerprint density at radius 1 is 1.48 bits per heavy atom. The van der Waals surface area contributed by atoms with Crippen molar-refractivity contribution in [1.29, 1.82) is 5.26 Å². The van der Waals surface area contributed by atoms with Crippen LogP contribution in [-0.2, 0) is 6.54 Å². The molecule has 3 nitrogen and oxygen atoms in total. The summed E-state index contributed by atoms with van der Waals surface area (Å²) in [6.45, 7) is 9.12. The van der Waals surface area contributed by atoms with E-state index in [0.717, 1.165) is 18.0 Å². The van der Waals surface area contributed by atoms with Gasteiger partial charge >= 0.3 is 0 Å². The molecule has 2 atom stereocenters. The highest BCUT2D eigenvalue weighted by atomic mass is 15.1. The van der Waals surface area contributed by atoms with E-state index in [1.807, 2.05) is 18.2 Å². The van der Waals surface area contributed by atoms with Crippen molar-refractivity contribution in [2.45, 2.75) is 45.7 Å². The molecule has 21 heavy (non-hydrogen) atoms. The van der Waals surface area contributed by atoms with E-state index in [1.54, 1.807) is 0 Å². The third-order valence-corrected chi connectivity index (χ3v) is 4.47. The Morgan fingerprint density at radius 2 is 2.33 bits per heavy atom. The van der Waals surface area contributed by atoms with E-state index in [0.29, 0.717) is 6.04 Å². The van der Waals surface area contributed by atoms with Crippen LogP contribution in [-0.4, -0.2) is 30.6 Å². The molecule has 2 rings (SSSR count). The van der Waals surface area contributed by atoms with Gasteiger partial charge in [0.1, 0.15) is 0 Å². The van der Waals surface area contributed by atoms with Gasteiger partial charge in [-0.15, -0.1) is 0 Å². The number of nitrogens with one attached hydrogen (secondary N) is 1. The molecule has 1 aromatic carbocycles. The van der Waals surface area contributed by atoms with Gasteiger partial charge in [0.25, 0.3) is 0 Å². The van der Waals surface area contributed by atoms with Gasteiger partial charge in [-0.2, -0.15) is 5.26 Å². The van der Waals surface area contributed by atoms with Crippen LogP contribution in [0.15, 0.2) is 24.3 Å². The number of rotatable bonds is 6. The van der Waals surface area contributed by atoms with Gasteiger partial charge in [-0.1, -0.05) is 19.1 Å². The Morgan fingerprint density at radius 3 is 3.10 bits per heavy atom. The van der Waals surface area contributed by atoms with E-state index in [-0.39, 0.29) is 0 Å². The minimum Gasteiger partial charge on any atom is -0.310 e. The minimum atomic E-state index is 0.524. The highest BCUT2D eigenvalue weighted by Gasteiger charge is 2.23. The van der Waals surface area contributed by atoms with Crippen LogP contribution in [0.25, 0.3) is 0 Å². The zero-order valence-electron chi connectivity index (χ0n) is 13.3. The number of nitriles is 1. The monoisotopic (exact) mass is 285 g/mol. The van der Waals surface area contributed by atoms with Crippen molar-refractivity contribution in [2.75, 3.05) is 19.6 Å². The fourth-order valence-electron chi connectivity index (χ4n) is 3.22. The molecule has 1 saturated heterocycles. The molecule has 0 radical (unpaired) electrons. The average Bonchev–Trinajstić information content (AvgIpc) is 2.53. The second-order valence-electron chi connectivity index (χ2n) is 6.18. The fourth-order valence-corrected chi connectivity index (χ4v) is 3.22. The van der Waals surface area contributed by atoms with Crippen molar-refractivity contribution in [3.8, 4) is 6.07 Å². The predicted molar refractivity (Wildman–Crippen MR) is 86.9 cm³/mol. The lowest BCUT2D eigenvalue weighted by molar-refractivity contribution is 0.150. The summed E-state index contributed by atoms with van der Waals surface area (Å²) in [5.41, 5.74) is 1.94. The number of hydrogen-bond acceptors (Lipinski definition) is 3. The van der Waals surface area contributed by atoms with E-state index < -0.39 is 0 Å². The Labute approximate surface area is 129 Å². The highest BCUT2D eigenvalue weighted by molar-refractivity contribution is 5.32. The summed E-state index contributed by atoms with van der Waals surface area (Å²) < 4.78 is 0. The molecule has 1 aromatic rings. The summed E-state index contributed by atoms with van der Waals surface area (Å²) in [7, 11) is 0. The van der Waals surface area contributed by atoms with Crippen LogP contribution in [0.1, 0.15) is 44.2 Å². The van der Waals surface area contributed by atoms with Crippen LogP contribution in [0.2, 0.25) is 0 Å². The van der Waals surface area contributed by atoms with Crippen molar-refractivity contribution in [1.82, 2.24) is 10.2 Å². The second-order valence-corrected chi connectivity index (χ2v) is 6.18. The molecule has 0 amide bonds. The Hall–Kier alpha value is -1.37. The van der Waals surface area contributed by atoms with Gasteiger partial charge in [0.05, 0.1) is 11.6 Å². The minimum absolute atomic E-state index is 0.524. The lowest BCUT2D eigenvalue weighted by atomic mass is 9.91. The molecule has 1 fully saturated rings. The largest absolute Gasteiger partial charge is 0.310 e. The number of benzene rings is 1. The lowest BCUT2D eigenvalue weighted by Crippen LogP contribution is -2.44. The molecular formula is C18H27N3. The quantitative estimate of drug-likeness (QED) is 0.872. The lowest BCUT2D eigenvalue weighted by Gasteiger charge is -2.36. The summed E-state index contributed by atoms with van der Waals surface area (Å²) in [6, 6.07) is 10.6. The molecule has 0 spiro atoms. The molecule has 114 valence electrons. The summed E-state index contributed by atoms with van der Waals surface area (Å²) in [5, 5.41) is 12.6. The van der Waals surface area contributed by atoms with Crippen molar-refractivity contribution >= 4 is 0 Å². The SMILES string of the molecule is CCCN1CCCC(C(C)NCc2cccc(C#N)c2)C1. The Bertz CT molecular complexity index is 476. The van der Waals surface area contributed by atoms with Crippen LogP contribution in [0.3, 0.4) is 0 Å². The predicted octanol–water partition coefficient (Wildman–Crippen LogP) is 3.16. The first kappa shape index (κ1) is 16.0. The first-order chi connectivity index (χ1) is 10.2. The summed E-state index contributed by atoms with van der Waals surface area (Å²) in [6.07, 6.45) is 3.89. The zero-order valence-corrected chi connectivity index (χ0v) is 13.3. The van der Waals surface area contributed by atoms with E-state index >= 15 is 0 Å². The van der Waals surface area contributed by atoms with Gasteiger partial charge in [0.15, 0.2) is 0 Å². The first-order valence-electron chi connectivity index (χ1n) is 8.17. The molecular weight excluding hydrogens is 258 g/mol. The molecule has 1 aliphatic rings. The smallest absolute Gasteiger partial charge is 0.0991 e. The molecule has 1 N–H and O–H groups in total. The Balaban J connectivity index is 1.83. The summed E-state index contributed by atoms with van der Waals surface area (Å²) >= 11 is 0. The standard InChI is InChI=1S/C18H27N3/c1-3-9-21-10-5-8-18(14-21)15(2)20-13-17-7-4-6-16(11-17)12-19/h4,6-7,11,15,18,20H,3,5,8-10,13-14H2,1-2H3. The topological polar surface area (TPSA) is 39.1 Å². The molecule has 3 heteroatoms. The number of piperidine rings is 1. The molecule has 0 aromatic heterocycles. The van der Waals surface area contributed by atoms with Crippen LogP contribution in [0.4, 0.5) is 0 Å². The van der Waals surface area contributed by atoms with Gasteiger partial charge in [-0.25, -0.2) is 0 Å². The van der Waals surface area contributed by atoms with Crippen molar-refractivity contribution in [3.63, 3.8) is 0 Å². The molecule has 2 unspecified atom stereocenters. The zero-order chi connectivity index (χ0) is 15.1. The molecule has 1 heterocycles. The van der Waals surface area contributed by atoms with Gasteiger partial charge in [0.2, 0.25) is 0 Å². The average molecular weight is 285 g/mol. The van der Waals surface area contributed by atoms with Crippen LogP contribution >= 0.6 is 0 Å². The van der Waals surface area contributed by atoms with E-state index in [9.17, 15) is 0 Å². The molecule has 0 bridgehead atoms. The number of hydrogen-bond donors (Lipinski definition) is 1. The Kier molecular flexibility index (Phi) is 6.22. The van der Waals surface area contributed by atoms with Gasteiger partial charge < -0.3 is 10.2 Å². The third-order valence-electron chi connectivity index (χ3n) is 4.47. The number of likely N-dealkylation sites (tertiary alicyclic amines) is 1. The van der Waals surface area contributed by atoms with E-state index in [4.69, 9.17) is 5.26 Å². The van der Waals surface area contributed by atoms with Gasteiger partial charge in [-0.3, -0.25) is 0 Å². The van der Waals surface area contributed by atoms with Crippen LogP contribution in [0, 0.1) is 17.2 Å².